The van der Waals surface area contributed by atoms with Gasteiger partial charge in [-0.15, -0.1) is 5.10 Å². The van der Waals surface area contributed by atoms with Crippen molar-refractivity contribution in [2.75, 3.05) is 11.4 Å². The van der Waals surface area contributed by atoms with E-state index >= 15 is 0 Å². The first-order valence-corrected chi connectivity index (χ1v) is 6.34. The molecule has 0 spiro atoms. The number of rotatable bonds is 2. The lowest BCUT2D eigenvalue weighted by Crippen LogP contribution is -2.38. The van der Waals surface area contributed by atoms with Crippen LogP contribution in [-0.4, -0.2) is 37.4 Å². The van der Waals surface area contributed by atoms with Crippen molar-refractivity contribution in [3.8, 4) is 0 Å². The zero-order valence-electron chi connectivity index (χ0n) is 11.3. The number of hydrogen-bond donors (Lipinski definition) is 1. The van der Waals surface area contributed by atoms with Crippen molar-refractivity contribution in [3.05, 3.63) is 35.5 Å². The van der Waals surface area contributed by atoms with Crippen LogP contribution in [0.15, 0.2) is 18.5 Å². The predicted molar refractivity (Wildman–Crippen MR) is 71.4 cm³/mol. The number of aromatic nitrogens is 4. The summed E-state index contributed by atoms with van der Waals surface area (Å²) in [5, 5.41) is 17.6. The van der Waals surface area contributed by atoms with Crippen molar-refractivity contribution in [1.82, 2.24) is 19.7 Å². The summed E-state index contributed by atoms with van der Waals surface area (Å²) in [6.45, 7) is 2.79. The van der Waals surface area contributed by atoms with E-state index in [-0.39, 0.29) is 0 Å². The molecule has 1 unspecified atom stereocenters. The molecule has 7 nitrogen and oxygen atoms in total. The van der Waals surface area contributed by atoms with Crippen molar-refractivity contribution < 1.29 is 9.90 Å². The second-order valence-electron chi connectivity index (χ2n) is 4.99. The summed E-state index contributed by atoms with van der Waals surface area (Å²) in [5.74, 6) is -0.771. The fourth-order valence-electron chi connectivity index (χ4n) is 2.54. The molecule has 2 aromatic rings. The Balaban J connectivity index is 1.98. The molecule has 0 bridgehead atoms. The third kappa shape index (κ3) is 2.01. The topological polar surface area (TPSA) is 84.1 Å². The zero-order valence-corrected chi connectivity index (χ0v) is 11.3. The molecular weight excluding hydrogens is 258 g/mol. The molecule has 0 radical (unpaired) electrons. The third-order valence-corrected chi connectivity index (χ3v) is 3.54. The van der Waals surface area contributed by atoms with E-state index < -0.39 is 11.9 Å². The van der Waals surface area contributed by atoms with Crippen LogP contribution in [0.5, 0.6) is 0 Å². The smallest absolute Gasteiger partial charge is 0.314 e. The lowest BCUT2D eigenvalue weighted by atomic mass is 9.98. The minimum atomic E-state index is -0.848. The van der Waals surface area contributed by atoms with Crippen molar-refractivity contribution >= 4 is 11.8 Å². The van der Waals surface area contributed by atoms with Crippen LogP contribution >= 0.6 is 0 Å². The highest BCUT2D eigenvalue weighted by Crippen LogP contribution is 2.29. The number of hydrogen-bond acceptors (Lipinski definition) is 5. The van der Waals surface area contributed by atoms with Gasteiger partial charge in [0.25, 0.3) is 0 Å². The highest BCUT2D eigenvalue weighted by Gasteiger charge is 2.34. The molecule has 1 atom stereocenters. The Kier molecular flexibility index (Phi) is 2.89. The second-order valence-corrected chi connectivity index (χ2v) is 4.99. The standard InChI is InChI=1S/C13H15N5O2/c1-8-3-4-11(16-15-8)18-5-9(13(19)20)12-10(6-18)14-7-17(12)2/h3-4,7,9H,5-6H2,1-2H3,(H,19,20). The Bertz CT molecular complexity index is 649. The minimum Gasteiger partial charge on any atom is -0.481 e. The minimum absolute atomic E-state index is 0.375. The van der Waals surface area contributed by atoms with E-state index in [1.165, 1.54) is 0 Å². The van der Waals surface area contributed by atoms with E-state index in [0.29, 0.717) is 18.9 Å². The van der Waals surface area contributed by atoms with Crippen molar-refractivity contribution in [3.63, 3.8) is 0 Å². The van der Waals surface area contributed by atoms with E-state index in [4.69, 9.17) is 0 Å². The van der Waals surface area contributed by atoms with Gasteiger partial charge in [0.1, 0.15) is 5.92 Å². The van der Waals surface area contributed by atoms with Crippen molar-refractivity contribution in [2.24, 2.45) is 7.05 Å². The summed E-state index contributed by atoms with van der Waals surface area (Å²) >= 11 is 0. The van der Waals surface area contributed by atoms with Crippen molar-refractivity contribution in [1.29, 1.82) is 0 Å². The molecule has 1 aliphatic rings. The monoisotopic (exact) mass is 273 g/mol. The van der Waals surface area contributed by atoms with Gasteiger partial charge in [-0.25, -0.2) is 4.98 Å². The fourth-order valence-corrected chi connectivity index (χ4v) is 2.54. The molecule has 3 heterocycles. The number of imidazole rings is 1. The van der Waals surface area contributed by atoms with Gasteiger partial charge >= 0.3 is 5.97 Å². The molecule has 1 N–H and O–H groups in total. The maximum atomic E-state index is 11.5. The Morgan fingerprint density at radius 1 is 1.40 bits per heavy atom. The first-order chi connectivity index (χ1) is 9.56. The van der Waals surface area contributed by atoms with Gasteiger partial charge in [0.05, 0.1) is 30.0 Å². The third-order valence-electron chi connectivity index (χ3n) is 3.54. The van der Waals surface area contributed by atoms with E-state index in [1.807, 2.05) is 31.0 Å². The van der Waals surface area contributed by atoms with E-state index in [9.17, 15) is 9.90 Å². The maximum absolute atomic E-state index is 11.5. The van der Waals surface area contributed by atoms with E-state index in [2.05, 4.69) is 15.2 Å². The average molecular weight is 273 g/mol. The number of aryl methyl sites for hydroxylation is 2. The van der Waals surface area contributed by atoms with Crippen LogP contribution in [0.3, 0.4) is 0 Å². The summed E-state index contributed by atoms with van der Waals surface area (Å²) in [4.78, 5) is 17.7. The molecule has 0 saturated heterocycles. The Labute approximate surface area is 115 Å². The predicted octanol–water partition coefficient (Wildman–Crippen LogP) is 0.707. The molecule has 0 aromatic carbocycles. The summed E-state index contributed by atoms with van der Waals surface area (Å²) < 4.78 is 1.78. The molecule has 104 valence electrons. The Hall–Kier alpha value is -2.44. The summed E-state index contributed by atoms with van der Waals surface area (Å²) in [7, 11) is 1.82. The van der Waals surface area contributed by atoms with Gasteiger partial charge in [-0.1, -0.05) is 0 Å². The zero-order chi connectivity index (χ0) is 14.3. The first kappa shape index (κ1) is 12.6. The van der Waals surface area contributed by atoms with Crippen LogP contribution in [0.1, 0.15) is 23.0 Å². The van der Waals surface area contributed by atoms with Crippen LogP contribution < -0.4 is 4.90 Å². The Morgan fingerprint density at radius 3 is 2.85 bits per heavy atom. The van der Waals surface area contributed by atoms with Crippen LogP contribution in [0.2, 0.25) is 0 Å². The number of anilines is 1. The molecule has 7 heteroatoms. The molecule has 0 fully saturated rings. The molecule has 3 rings (SSSR count). The lowest BCUT2D eigenvalue weighted by molar-refractivity contribution is -0.138. The van der Waals surface area contributed by atoms with Gasteiger partial charge in [0.2, 0.25) is 0 Å². The van der Waals surface area contributed by atoms with E-state index in [0.717, 1.165) is 17.1 Å². The molecule has 0 aliphatic carbocycles. The molecule has 20 heavy (non-hydrogen) atoms. The Morgan fingerprint density at radius 2 is 2.20 bits per heavy atom. The fraction of sp³-hybridized carbons (Fsp3) is 0.385. The van der Waals surface area contributed by atoms with Gasteiger partial charge < -0.3 is 14.6 Å². The van der Waals surface area contributed by atoms with Crippen molar-refractivity contribution in [2.45, 2.75) is 19.4 Å². The van der Waals surface area contributed by atoms with Crippen LogP contribution in [0.25, 0.3) is 0 Å². The number of carboxylic acids is 1. The molecule has 1 aliphatic heterocycles. The highest BCUT2D eigenvalue weighted by molar-refractivity contribution is 5.77. The normalized spacial score (nSPS) is 17.9. The number of carboxylic acid groups (broad SMARTS) is 1. The molecule has 2 aromatic heterocycles. The SMILES string of the molecule is Cc1ccc(N2Cc3ncn(C)c3C(C(=O)O)C2)nn1. The number of aliphatic carboxylic acids is 1. The van der Waals surface area contributed by atoms with Gasteiger partial charge in [-0.3, -0.25) is 4.79 Å². The lowest BCUT2D eigenvalue weighted by Gasteiger charge is -2.31. The summed E-state index contributed by atoms with van der Waals surface area (Å²) in [6.07, 6.45) is 1.66. The van der Waals surface area contributed by atoms with Gasteiger partial charge in [-0.2, -0.15) is 5.10 Å². The number of nitrogens with zero attached hydrogens (tertiary/aromatic N) is 5. The van der Waals surface area contributed by atoms with Gasteiger partial charge in [-0.05, 0) is 19.1 Å². The average Bonchev–Trinajstić information content (AvgIpc) is 2.80. The van der Waals surface area contributed by atoms with Crippen LogP contribution in [0.4, 0.5) is 5.82 Å². The highest BCUT2D eigenvalue weighted by atomic mass is 16.4. The van der Waals surface area contributed by atoms with Crippen LogP contribution in [-0.2, 0) is 18.4 Å². The first-order valence-electron chi connectivity index (χ1n) is 6.34. The van der Waals surface area contributed by atoms with Gasteiger partial charge in [0, 0.05) is 13.6 Å². The van der Waals surface area contributed by atoms with Crippen LogP contribution in [0, 0.1) is 6.92 Å². The molecule has 0 amide bonds. The van der Waals surface area contributed by atoms with E-state index in [1.54, 1.807) is 10.9 Å². The quantitative estimate of drug-likeness (QED) is 0.867. The van der Waals surface area contributed by atoms with Gasteiger partial charge in [0.15, 0.2) is 5.82 Å². The number of fused-ring (bicyclic) bond motifs is 1. The molecule has 0 saturated carbocycles. The maximum Gasteiger partial charge on any atom is 0.314 e. The largest absolute Gasteiger partial charge is 0.481 e. The summed E-state index contributed by atoms with van der Waals surface area (Å²) in [6, 6.07) is 3.72. The number of carbonyl (C=O) groups is 1. The summed E-state index contributed by atoms with van der Waals surface area (Å²) in [5.41, 5.74) is 2.39. The second kappa shape index (κ2) is 4.59. The molecular formula is C13H15N5O2.